The number of para-hydroxylation sites is 1. The van der Waals surface area contributed by atoms with Crippen molar-refractivity contribution < 1.29 is 14.3 Å². The molecule has 2 fully saturated rings. The van der Waals surface area contributed by atoms with Crippen molar-refractivity contribution in [1.82, 2.24) is 15.1 Å². The standard InChI is InChI=1S/C27H39N3O3/c1-27(2,3)19-29-16-22-7-4-5-9-24(22)33-14-6-8-21-17-30(26(32)18-29)13-12-20(21)15-25(31)28-23-10-11-23/h4-9,20-21,23H,10-19H2,1-3H3,(H,28,31)/b8-6+/t20-,21-/m0/s1. The lowest BCUT2D eigenvalue weighted by atomic mass is 9.82. The minimum Gasteiger partial charge on any atom is -0.489 e. The molecule has 1 saturated carbocycles. The molecular formula is C27H39N3O3. The number of carbonyl (C=O) groups is 2. The van der Waals surface area contributed by atoms with E-state index < -0.39 is 0 Å². The van der Waals surface area contributed by atoms with E-state index in [2.05, 4.69) is 49.2 Å². The van der Waals surface area contributed by atoms with Crippen LogP contribution in [-0.4, -0.2) is 60.4 Å². The van der Waals surface area contributed by atoms with E-state index in [4.69, 9.17) is 4.74 Å². The van der Waals surface area contributed by atoms with Gasteiger partial charge in [0.1, 0.15) is 12.4 Å². The van der Waals surface area contributed by atoms with E-state index in [0.29, 0.717) is 38.7 Å². The van der Waals surface area contributed by atoms with Crippen LogP contribution in [0.5, 0.6) is 5.75 Å². The van der Waals surface area contributed by atoms with Gasteiger partial charge in [-0.25, -0.2) is 0 Å². The maximum Gasteiger partial charge on any atom is 0.236 e. The van der Waals surface area contributed by atoms with Gasteiger partial charge in [-0.15, -0.1) is 0 Å². The first-order valence-electron chi connectivity index (χ1n) is 12.4. The predicted molar refractivity (Wildman–Crippen MR) is 130 cm³/mol. The molecule has 1 saturated heterocycles. The van der Waals surface area contributed by atoms with Gasteiger partial charge in [0.25, 0.3) is 0 Å². The fraction of sp³-hybridized carbons (Fsp3) is 0.630. The lowest BCUT2D eigenvalue weighted by molar-refractivity contribution is -0.135. The summed E-state index contributed by atoms with van der Waals surface area (Å²) in [5.41, 5.74) is 1.19. The maximum absolute atomic E-state index is 13.4. The zero-order valence-electron chi connectivity index (χ0n) is 20.4. The van der Waals surface area contributed by atoms with Crippen LogP contribution in [-0.2, 0) is 16.1 Å². The van der Waals surface area contributed by atoms with Crippen molar-refractivity contribution in [3.8, 4) is 5.75 Å². The highest BCUT2D eigenvalue weighted by Gasteiger charge is 2.33. The summed E-state index contributed by atoms with van der Waals surface area (Å²) in [6, 6.07) is 8.50. The summed E-state index contributed by atoms with van der Waals surface area (Å²) >= 11 is 0. The van der Waals surface area contributed by atoms with Crippen LogP contribution in [0.1, 0.15) is 52.0 Å². The van der Waals surface area contributed by atoms with Crippen LogP contribution in [0.3, 0.4) is 0 Å². The Labute approximate surface area is 198 Å². The number of piperidine rings is 1. The molecule has 3 aliphatic rings. The molecule has 6 nitrogen and oxygen atoms in total. The zero-order chi connectivity index (χ0) is 23.4. The average Bonchev–Trinajstić information content (AvgIpc) is 3.55. The Bertz CT molecular complexity index is 872. The Morgan fingerprint density at radius 3 is 2.70 bits per heavy atom. The van der Waals surface area contributed by atoms with Gasteiger partial charge in [-0.2, -0.15) is 0 Å². The van der Waals surface area contributed by atoms with Gasteiger partial charge in [0.05, 0.1) is 6.54 Å². The Morgan fingerprint density at radius 2 is 1.94 bits per heavy atom. The number of ether oxygens (including phenoxy) is 1. The molecule has 0 unspecified atom stereocenters. The van der Waals surface area contributed by atoms with Crippen LogP contribution in [0.4, 0.5) is 0 Å². The van der Waals surface area contributed by atoms with E-state index in [9.17, 15) is 9.59 Å². The number of nitrogens with zero attached hydrogens (tertiary/aromatic N) is 2. The predicted octanol–water partition coefficient (Wildman–Crippen LogP) is 3.62. The third-order valence-corrected chi connectivity index (χ3v) is 6.69. The van der Waals surface area contributed by atoms with Gasteiger partial charge >= 0.3 is 0 Å². The lowest BCUT2D eigenvalue weighted by Crippen LogP contribution is -2.48. The second-order valence-electron chi connectivity index (χ2n) is 11.2. The molecule has 2 atom stereocenters. The van der Waals surface area contributed by atoms with Crippen LogP contribution in [0.25, 0.3) is 0 Å². The summed E-state index contributed by atoms with van der Waals surface area (Å²) in [5.74, 6) is 1.63. The summed E-state index contributed by atoms with van der Waals surface area (Å²) in [4.78, 5) is 30.1. The van der Waals surface area contributed by atoms with Crippen molar-refractivity contribution in [2.45, 2.75) is 59.0 Å². The normalized spacial score (nSPS) is 25.7. The Morgan fingerprint density at radius 1 is 1.15 bits per heavy atom. The zero-order valence-corrected chi connectivity index (χ0v) is 20.4. The van der Waals surface area contributed by atoms with Crippen LogP contribution < -0.4 is 10.1 Å². The average molecular weight is 454 g/mol. The molecule has 2 heterocycles. The summed E-state index contributed by atoms with van der Waals surface area (Å²) in [7, 11) is 0. The maximum atomic E-state index is 13.4. The SMILES string of the molecule is CC(C)(C)CN1CC(=O)N2CC[C@@H](CC(=O)NC3CC3)[C@@H](/C=C/COc3ccccc3C1)C2. The van der Waals surface area contributed by atoms with Crippen LogP contribution in [0.15, 0.2) is 36.4 Å². The van der Waals surface area contributed by atoms with E-state index in [1.807, 2.05) is 23.1 Å². The van der Waals surface area contributed by atoms with Gasteiger partial charge in [0.15, 0.2) is 0 Å². The van der Waals surface area contributed by atoms with Crippen LogP contribution in [0.2, 0.25) is 0 Å². The lowest BCUT2D eigenvalue weighted by Gasteiger charge is -2.38. The summed E-state index contributed by atoms with van der Waals surface area (Å²) < 4.78 is 6.13. The fourth-order valence-electron chi connectivity index (χ4n) is 5.00. The molecule has 0 aromatic heterocycles. The van der Waals surface area contributed by atoms with E-state index in [1.165, 1.54) is 0 Å². The van der Waals surface area contributed by atoms with Gasteiger partial charge < -0.3 is 15.0 Å². The van der Waals surface area contributed by atoms with E-state index in [0.717, 1.165) is 43.7 Å². The molecule has 180 valence electrons. The van der Waals surface area contributed by atoms with Crippen molar-refractivity contribution in [1.29, 1.82) is 0 Å². The molecule has 2 aliphatic heterocycles. The molecule has 0 radical (unpaired) electrons. The molecule has 1 aromatic rings. The number of carbonyl (C=O) groups excluding carboxylic acids is 2. The third kappa shape index (κ3) is 7.07. The van der Waals surface area contributed by atoms with Crippen molar-refractivity contribution in [2.75, 3.05) is 32.8 Å². The first-order valence-corrected chi connectivity index (χ1v) is 12.4. The minimum absolute atomic E-state index is 0.0794. The monoisotopic (exact) mass is 453 g/mol. The molecule has 6 heteroatoms. The Hall–Kier alpha value is -2.34. The number of fused-ring (bicyclic) bond motifs is 3. The number of hydrogen-bond donors (Lipinski definition) is 1. The van der Waals surface area contributed by atoms with E-state index in [-0.39, 0.29) is 29.1 Å². The molecule has 33 heavy (non-hydrogen) atoms. The molecule has 1 aliphatic carbocycles. The molecule has 1 N–H and O–H groups in total. The van der Waals surface area contributed by atoms with Gasteiger partial charge in [0.2, 0.25) is 11.8 Å². The Balaban J connectivity index is 1.53. The Kier molecular flexibility index (Phi) is 7.42. The first-order chi connectivity index (χ1) is 15.8. The molecular weight excluding hydrogens is 414 g/mol. The summed E-state index contributed by atoms with van der Waals surface area (Å²) in [5, 5.41) is 3.12. The van der Waals surface area contributed by atoms with Gasteiger partial charge in [0, 0.05) is 44.2 Å². The minimum atomic E-state index is 0.0794. The topological polar surface area (TPSA) is 61.9 Å². The van der Waals surface area contributed by atoms with Gasteiger partial charge in [-0.1, -0.05) is 51.1 Å². The number of benzene rings is 1. The second kappa shape index (κ2) is 10.3. The number of nitrogens with one attached hydrogen (secondary N) is 1. The van der Waals surface area contributed by atoms with E-state index >= 15 is 0 Å². The van der Waals surface area contributed by atoms with Crippen LogP contribution >= 0.6 is 0 Å². The fourth-order valence-corrected chi connectivity index (χ4v) is 5.00. The second-order valence-corrected chi connectivity index (χ2v) is 11.2. The number of amides is 2. The quantitative estimate of drug-likeness (QED) is 0.708. The molecule has 4 rings (SSSR count). The molecule has 0 spiro atoms. The highest BCUT2D eigenvalue weighted by atomic mass is 16.5. The first kappa shape index (κ1) is 23.8. The van der Waals surface area contributed by atoms with Crippen molar-refractivity contribution in [2.24, 2.45) is 17.3 Å². The molecule has 1 aromatic carbocycles. The number of rotatable bonds is 4. The van der Waals surface area contributed by atoms with Crippen molar-refractivity contribution >= 4 is 11.8 Å². The molecule has 2 amide bonds. The molecule has 2 bridgehead atoms. The van der Waals surface area contributed by atoms with Crippen molar-refractivity contribution in [3.05, 3.63) is 42.0 Å². The highest BCUT2D eigenvalue weighted by Crippen LogP contribution is 2.30. The summed E-state index contributed by atoms with van der Waals surface area (Å²) in [6.45, 7) is 10.4. The van der Waals surface area contributed by atoms with Gasteiger partial charge in [-0.05, 0) is 42.6 Å². The third-order valence-electron chi connectivity index (χ3n) is 6.69. The van der Waals surface area contributed by atoms with Crippen molar-refractivity contribution in [3.63, 3.8) is 0 Å². The smallest absolute Gasteiger partial charge is 0.236 e. The van der Waals surface area contributed by atoms with E-state index in [1.54, 1.807) is 0 Å². The number of hydrogen-bond acceptors (Lipinski definition) is 4. The summed E-state index contributed by atoms with van der Waals surface area (Å²) in [6.07, 6.45) is 7.83. The van der Waals surface area contributed by atoms with Crippen LogP contribution in [0, 0.1) is 17.3 Å². The van der Waals surface area contributed by atoms with Gasteiger partial charge in [-0.3, -0.25) is 14.5 Å². The highest BCUT2D eigenvalue weighted by molar-refractivity contribution is 5.79. The largest absolute Gasteiger partial charge is 0.489 e.